The maximum Gasteiger partial charge on any atom is 0.223 e. The predicted molar refractivity (Wildman–Crippen MR) is 82.4 cm³/mol. The van der Waals surface area contributed by atoms with Crippen LogP contribution in [0.4, 0.5) is 0 Å². The average Bonchev–Trinajstić information content (AvgIpc) is 2.47. The maximum atomic E-state index is 12.3. The summed E-state index contributed by atoms with van der Waals surface area (Å²) < 4.78 is 25.1. The molecule has 21 heavy (non-hydrogen) atoms. The van der Waals surface area contributed by atoms with Gasteiger partial charge in [0.1, 0.15) is 0 Å². The quantitative estimate of drug-likeness (QED) is 0.807. The van der Waals surface area contributed by atoms with Crippen LogP contribution in [-0.4, -0.2) is 68.6 Å². The van der Waals surface area contributed by atoms with Gasteiger partial charge in [0.05, 0.1) is 5.75 Å². The molecule has 0 aromatic heterocycles. The molecule has 0 spiro atoms. The van der Waals surface area contributed by atoms with Gasteiger partial charge in [-0.15, -0.1) is 0 Å². The van der Waals surface area contributed by atoms with Crippen LogP contribution < -0.4 is 5.32 Å². The Morgan fingerprint density at radius 1 is 1.19 bits per heavy atom. The lowest BCUT2D eigenvalue weighted by atomic mass is 9.96. The van der Waals surface area contributed by atoms with Gasteiger partial charge in [-0.25, -0.2) is 12.7 Å². The first-order valence-corrected chi connectivity index (χ1v) is 9.50. The van der Waals surface area contributed by atoms with Crippen molar-refractivity contribution in [1.82, 2.24) is 14.5 Å². The minimum atomic E-state index is -3.11. The van der Waals surface area contributed by atoms with Gasteiger partial charge in [-0.1, -0.05) is 0 Å². The summed E-state index contributed by atoms with van der Waals surface area (Å²) in [4.78, 5) is 14.5. The minimum Gasteiger partial charge on any atom is -0.352 e. The number of carbonyl (C=O) groups excluding carboxylic acids is 1. The van der Waals surface area contributed by atoms with Crippen LogP contribution in [0.1, 0.15) is 32.6 Å². The Morgan fingerprint density at radius 2 is 1.86 bits per heavy atom. The third-order valence-electron chi connectivity index (χ3n) is 4.55. The predicted octanol–water partition coefficient (Wildman–Crippen LogP) is 0.259. The van der Waals surface area contributed by atoms with Gasteiger partial charge in [0, 0.05) is 31.6 Å². The van der Waals surface area contributed by atoms with Crippen LogP contribution in [-0.2, 0) is 14.8 Å². The second-order valence-corrected chi connectivity index (χ2v) is 8.44. The normalized spacial score (nSPS) is 26.7. The van der Waals surface area contributed by atoms with Crippen LogP contribution in [0.15, 0.2) is 0 Å². The molecule has 2 aliphatic rings. The Morgan fingerprint density at radius 3 is 2.43 bits per heavy atom. The second-order valence-electron chi connectivity index (χ2n) is 6.18. The summed E-state index contributed by atoms with van der Waals surface area (Å²) in [5, 5.41) is 3.14. The van der Waals surface area contributed by atoms with E-state index in [0.717, 1.165) is 25.9 Å². The molecule has 122 valence electrons. The molecule has 0 aromatic carbocycles. The smallest absolute Gasteiger partial charge is 0.223 e. The lowest BCUT2D eigenvalue weighted by molar-refractivity contribution is -0.127. The lowest BCUT2D eigenvalue weighted by Gasteiger charge is -2.33. The van der Waals surface area contributed by atoms with Crippen LogP contribution in [0, 0.1) is 5.92 Å². The largest absolute Gasteiger partial charge is 0.352 e. The molecule has 1 atom stereocenters. The molecule has 2 aliphatic heterocycles. The Labute approximate surface area is 127 Å². The van der Waals surface area contributed by atoms with E-state index in [9.17, 15) is 13.2 Å². The highest BCUT2D eigenvalue weighted by Gasteiger charge is 2.31. The zero-order chi connectivity index (χ0) is 15.5. The number of rotatable bonds is 4. The van der Waals surface area contributed by atoms with Crippen LogP contribution in [0.2, 0.25) is 0 Å². The van der Waals surface area contributed by atoms with Crippen molar-refractivity contribution in [2.75, 3.05) is 39.0 Å². The van der Waals surface area contributed by atoms with Crippen molar-refractivity contribution < 1.29 is 13.2 Å². The van der Waals surface area contributed by atoms with E-state index < -0.39 is 10.0 Å². The van der Waals surface area contributed by atoms with E-state index in [4.69, 9.17) is 0 Å². The number of hydrogen-bond acceptors (Lipinski definition) is 4. The van der Waals surface area contributed by atoms with Crippen molar-refractivity contribution >= 4 is 15.9 Å². The average molecular weight is 317 g/mol. The van der Waals surface area contributed by atoms with Crippen molar-refractivity contribution in [2.24, 2.45) is 5.92 Å². The summed E-state index contributed by atoms with van der Waals surface area (Å²) >= 11 is 0. The first-order chi connectivity index (χ1) is 9.92. The van der Waals surface area contributed by atoms with Crippen molar-refractivity contribution in [3.63, 3.8) is 0 Å². The number of nitrogens with zero attached hydrogens (tertiary/aromatic N) is 2. The molecule has 7 heteroatoms. The van der Waals surface area contributed by atoms with Crippen molar-refractivity contribution in [3.05, 3.63) is 0 Å². The van der Waals surface area contributed by atoms with Gasteiger partial charge < -0.3 is 10.2 Å². The second kappa shape index (κ2) is 7.07. The highest BCUT2D eigenvalue weighted by atomic mass is 32.2. The zero-order valence-electron chi connectivity index (χ0n) is 13.0. The minimum absolute atomic E-state index is 0.0412. The number of amides is 1. The molecular weight excluding hydrogens is 290 g/mol. The molecule has 0 saturated carbocycles. The number of carbonyl (C=O) groups is 1. The van der Waals surface area contributed by atoms with Crippen molar-refractivity contribution in [3.8, 4) is 0 Å². The fraction of sp³-hybridized carbons (Fsp3) is 0.929. The van der Waals surface area contributed by atoms with Gasteiger partial charge >= 0.3 is 0 Å². The molecule has 2 saturated heterocycles. The van der Waals surface area contributed by atoms with Gasteiger partial charge in [0.2, 0.25) is 15.9 Å². The van der Waals surface area contributed by atoms with E-state index in [0.29, 0.717) is 25.9 Å². The number of likely N-dealkylation sites (tertiary alicyclic amines) is 1. The van der Waals surface area contributed by atoms with E-state index in [1.54, 1.807) is 6.92 Å². The highest BCUT2D eigenvalue weighted by molar-refractivity contribution is 7.89. The molecule has 2 rings (SSSR count). The zero-order valence-corrected chi connectivity index (χ0v) is 13.9. The van der Waals surface area contributed by atoms with E-state index in [1.165, 1.54) is 4.31 Å². The standard InChI is InChI=1S/C14H27N3O3S/c1-3-21(19,20)17-9-6-12(7-10-17)14(18)15-13-5-4-8-16(2)11-13/h12-13H,3-11H2,1-2H3,(H,15,18). The van der Waals surface area contributed by atoms with Crippen LogP contribution in [0.25, 0.3) is 0 Å². The molecule has 2 heterocycles. The third kappa shape index (κ3) is 4.40. The number of sulfonamides is 1. The molecular formula is C14H27N3O3S. The molecule has 1 amide bonds. The third-order valence-corrected chi connectivity index (χ3v) is 6.44. The van der Waals surface area contributed by atoms with Crippen molar-refractivity contribution in [2.45, 2.75) is 38.6 Å². The van der Waals surface area contributed by atoms with E-state index in [-0.39, 0.29) is 23.6 Å². The van der Waals surface area contributed by atoms with E-state index in [1.807, 2.05) is 0 Å². The maximum absolute atomic E-state index is 12.3. The summed E-state index contributed by atoms with van der Waals surface area (Å²) in [6.45, 7) is 4.61. The summed E-state index contributed by atoms with van der Waals surface area (Å²) in [5.74, 6) is 0.197. The Bertz CT molecular complexity index is 458. The Kier molecular flexibility index (Phi) is 5.62. The van der Waals surface area contributed by atoms with Crippen LogP contribution in [0.3, 0.4) is 0 Å². The van der Waals surface area contributed by atoms with Gasteiger partial charge in [0.15, 0.2) is 0 Å². The van der Waals surface area contributed by atoms with Crippen LogP contribution in [0.5, 0.6) is 0 Å². The molecule has 0 aliphatic carbocycles. The topological polar surface area (TPSA) is 69.7 Å². The number of likely N-dealkylation sites (N-methyl/N-ethyl adjacent to an activating group) is 1. The fourth-order valence-corrected chi connectivity index (χ4v) is 4.31. The molecule has 0 radical (unpaired) electrons. The first kappa shape index (κ1) is 16.7. The highest BCUT2D eigenvalue weighted by Crippen LogP contribution is 2.20. The number of piperidine rings is 2. The fourth-order valence-electron chi connectivity index (χ4n) is 3.18. The van der Waals surface area contributed by atoms with E-state index in [2.05, 4.69) is 17.3 Å². The monoisotopic (exact) mass is 317 g/mol. The molecule has 2 fully saturated rings. The molecule has 0 aromatic rings. The van der Waals surface area contributed by atoms with Gasteiger partial charge in [-0.05, 0) is 46.2 Å². The Hall–Kier alpha value is -0.660. The summed E-state index contributed by atoms with van der Waals surface area (Å²) in [6, 6.07) is 0.244. The molecule has 1 N–H and O–H groups in total. The molecule has 6 nitrogen and oxygen atoms in total. The van der Waals surface area contributed by atoms with Gasteiger partial charge in [-0.3, -0.25) is 4.79 Å². The van der Waals surface area contributed by atoms with E-state index >= 15 is 0 Å². The molecule has 1 unspecified atom stereocenters. The van der Waals surface area contributed by atoms with Crippen LogP contribution >= 0.6 is 0 Å². The molecule has 0 bridgehead atoms. The van der Waals surface area contributed by atoms with Gasteiger partial charge in [0.25, 0.3) is 0 Å². The SMILES string of the molecule is CCS(=O)(=O)N1CCC(C(=O)NC2CCCN(C)C2)CC1. The Balaban J connectivity index is 1.80. The number of hydrogen-bond donors (Lipinski definition) is 1. The van der Waals surface area contributed by atoms with Crippen molar-refractivity contribution in [1.29, 1.82) is 0 Å². The summed E-state index contributed by atoms with van der Waals surface area (Å²) in [5.41, 5.74) is 0. The van der Waals surface area contributed by atoms with Gasteiger partial charge in [-0.2, -0.15) is 0 Å². The number of nitrogens with one attached hydrogen (secondary N) is 1. The first-order valence-electron chi connectivity index (χ1n) is 7.89. The summed E-state index contributed by atoms with van der Waals surface area (Å²) in [6.07, 6.45) is 3.43. The lowest BCUT2D eigenvalue weighted by Crippen LogP contribution is -2.50. The summed E-state index contributed by atoms with van der Waals surface area (Å²) in [7, 11) is -1.03.